The summed E-state index contributed by atoms with van der Waals surface area (Å²) in [5, 5.41) is 0. The molecule has 2 aromatic rings. The lowest BCUT2D eigenvalue weighted by molar-refractivity contribution is -0.147. The van der Waals surface area contributed by atoms with E-state index in [1.54, 1.807) is 26.0 Å². The van der Waals surface area contributed by atoms with E-state index in [1.165, 1.54) is 31.4 Å². The van der Waals surface area contributed by atoms with Crippen LogP contribution < -0.4 is 9.47 Å². The summed E-state index contributed by atoms with van der Waals surface area (Å²) in [6, 6.07) is 14.3. The average molecular weight is 583 g/mol. The fraction of sp³-hybridized carbons (Fsp3) is 0.531. The van der Waals surface area contributed by atoms with Crippen LogP contribution in [0.4, 0.5) is 0 Å². The Morgan fingerprint density at radius 2 is 1.51 bits per heavy atom. The van der Waals surface area contributed by atoms with Gasteiger partial charge in [0.1, 0.15) is 24.7 Å². The van der Waals surface area contributed by atoms with Gasteiger partial charge in [-0.05, 0) is 94.6 Å². The van der Waals surface area contributed by atoms with E-state index in [1.807, 2.05) is 12.1 Å². The fourth-order valence-corrected chi connectivity index (χ4v) is 7.42. The molecule has 2 aromatic carbocycles. The number of carbonyl (C=O) groups excluding carboxylic acids is 1. The summed E-state index contributed by atoms with van der Waals surface area (Å²) in [4.78, 5) is 17.9. The molecular formula is C32H42N2O6S. The summed E-state index contributed by atoms with van der Waals surface area (Å²) in [6.45, 7) is 9.30. The van der Waals surface area contributed by atoms with Crippen molar-refractivity contribution < 1.29 is 27.4 Å². The van der Waals surface area contributed by atoms with Crippen LogP contribution in [0.25, 0.3) is 0 Å². The second-order valence-electron chi connectivity index (χ2n) is 10.6. The summed E-state index contributed by atoms with van der Waals surface area (Å²) < 4.78 is 42.9. The van der Waals surface area contributed by atoms with Gasteiger partial charge in [-0.2, -0.15) is 0 Å². The Morgan fingerprint density at radius 1 is 0.878 bits per heavy atom. The molecule has 41 heavy (non-hydrogen) atoms. The van der Waals surface area contributed by atoms with Crippen LogP contribution in [0, 0.1) is 11.8 Å². The number of nitrogens with zero attached hydrogens (tertiary/aromatic N) is 2. The molecule has 0 atom stereocenters. The Morgan fingerprint density at radius 3 is 2.15 bits per heavy atom. The van der Waals surface area contributed by atoms with Crippen molar-refractivity contribution in [3.63, 3.8) is 0 Å². The number of likely N-dealkylation sites (tertiary alicyclic amines) is 2. The highest BCUT2D eigenvalue weighted by atomic mass is 32.2. The van der Waals surface area contributed by atoms with Crippen molar-refractivity contribution in [2.75, 3.05) is 52.5 Å². The molecular weight excluding hydrogens is 540 g/mol. The average Bonchev–Trinajstić information content (AvgIpc) is 2.99. The molecule has 9 heteroatoms. The summed E-state index contributed by atoms with van der Waals surface area (Å²) in [6.07, 6.45) is 4.20. The molecule has 0 saturated carbocycles. The fourth-order valence-electron chi connectivity index (χ4n) is 5.47. The summed E-state index contributed by atoms with van der Waals surface area (Å²) in [5.41, 5.74) is 1.11. The predicted octanol–water partition coefficient (Wildman–Crippen LogP) is 4.33. The molecule has 0 unspecified atom stereocenters. The predicted molar refractivity (Wildman–Crippen MR) is 159 cm³/mol. The molecule has 0 N–H and O–H groups in total. The van der Waals surface area contributed by atoms with E-state index in [-0.39, 0.29) is 31.0 Å². The van der Waals surface area contributed by atoms with E-state index in [0.717, 1.165) is 30.9 Å². The van der Waals surface area contributed by atoms with E-state index >= 15 is 0 Å². The lowest BCUT2D eigenvalue weighted by Crippen LogP contribution is -2.54. The van der Waals surface area contributed by atoms with Crippen molar-refractivity contribution in [3.05, 3.63) is 54.1 Å². The minimum absolute atomic E-state index is 0.0869. The Balaban J connectivity index is 1.36. The number of esters is 1. The lowest BCUT2D eigenvalue weighted by atomic mass is 9.95. The molecule has 2 heterocycles. The minimum atomic E-state index is -4.01. The maximum atomic E-state index is 13.9. The van der Waals surface area contributed by atoms with Crippen molar-refractivity contribution >= 4 is 15.8 Å². The van der Waals surface area contributed by atoms with Gasteiger partial charge in [-0.1, -0.05) is 24.5 Å². The highest BCUT2D eigenvalue weighted by Gasteiger charge is 2.54. The molecule has 2 aliphatic rings. The minimum Gasteiger partial charge on any atom is -0.492 e. The first-order valence-corrected chi connectivity index (χ1v) is 16.1. The van der Waals surface area contributed by atoms with Crippen molar-refractivity contribution in [2.45, 2.75) is 62.1 Å². The number of carbonyl (C=O) groups is 1. The van der Waals surface area contributed by atoms with Crippen molar-refractivity contribution in [1.82, 2.24) is 9.80 Å². The third-order valence-corrected chi connectivity index (χ3v) is 10.4. The molecule has 8 nitrogen and oxygen atoms in total. The quantitative estimate of drug-likeness (QED) is 0.270. The van der Waals surface area contributed by atoms with E-state index in [4.69, 9.17) is 14.2 Å². The van der Waals surface area contributed by atoms with Crippen LogP contribution in [-0.2, 0) is 25.9 Å². The Kier molecular flexibility index (Phi) is 11.1. The molecule has 4 rings (SSSR count). The topological polar surface area (TPSA) is 85.4 Å². The zero-order valence-corrected chi connectivity index (χ0v) is 25.1. The molecule has 2 aliphatic heterocycles. The first-order chi connectivity index (χ1) is 19.9. The third-order valence-electron chi connectivity index (χ3n) is 7.90. The van der Waals surface area contributed by atoms with Gasteiger partial charge in [-0.3, -0.25) is 14.6 Å². The lowest BCUT2D eigenvalue weighted by Gasteiger charge is -2.39. The Bertz CT molecular complexity index is 1280. The molecule has 0 spiro atoms. The van der Waals surface area contributed by atoms with Gasteiger partial charge in [0.2, 0.25) is 0 Å². The number of piperidine rings is 2. The molecule has 222 valence electrons. The largest absolute Gasteiger partial charge is 0.492 e. The Hall–Kier alpha value is -3.06. The molecule has 0 amide bonds. The van der Waals surface area contributed by atoms with Crippen LogP contribution in [0.3, 0.4) is 0 Å². The van der Waals surface area contributed by atoms with Crippen LogP contribution in [0.5, 0.6) is 11.5 Å². The van der Waals surface area contributed by atoms with Gasteiger partial charge in [0.05, 0.1) is 11.5 Å². The molecule has 0 aromatic heterocycles. The molecule has 0 aliphatic carbocycles. The summed E-state index contributed by atoms with van der Waals surface area (Å²) >= 11 is 0. The van der Waals surface area contributed by atoms with Crippen LogP contribution in [0.2, 0.25) is 0 Å². The van der Waals surface area contributed by atoms with E-state index < -0.39 is 20.6 Å². The van der Waals surface area contributed by atoms with Gasteiger partial charge in [0, 0.05) is 26.2 Å². The van der Waals surface area contributed by atoms with Gasteiger partial charge in [0.15, 0.2) is 14.6 Å². The zero-order chi connectivity index (χ0) is 29.1. The summed E-state index contributed by atoms with van der Waals surface area (Å²) in [5.74, 6) is 6.25. The van der Waals surface area contributed by atoms with Crippen LogP contribution in [-0.4, -0.2) is 81.5 Å². The van der Waals surface area contributed by atoms with Gasteiger partial charge in [-0.25, -0.2) is 8.42 Å². The standard InChI is InChI=1S/C32H42N2O6S/c1-3-5-24-39-29-13-15-30(16-14-29)41(36,37)32(31(35)38-4-2)17-21-34(22-18-32)26-27-9-11-28(12-10-27)40-25-23-33-19-7-6-8-20-33/h9-16H,4,6-8,17-26H2,1-2H3. The maximum absolute atomic E-state index is 13.9. The second-order valence-corrected chi connectivity index (χ2v) is 12.8. The first-order valence-electron chi connectivity index (χ1n) is 14.6. The monoisotopic (exact) mass is 582 g/mol. The number of hydrogen-bond donors (Lipinski definition) is 0. The second kappa shape index (κ2) is 14.7. The van der Waals surface area contributed by atoms with Crippen LogP contribution in [0.15, 0.2) is 53.4 Å². The molecule has 0 radical (unpaired) electrons. The zero-order valence-electron chi connectivity index (χ0n) is 24.3. The first kappa shape index (κ1) is 30.9. The number of sulfone groups is 1. The van der Waals surface area contributed by atoms with E-state index in [0.29, 0.717) is 32.0 Å². The maximum Gasteiger partial charge on any atom is 0.327 e. The smallest absolute Gasteiger partial charge is 0.327 e. The SMILES string of the molecule is CC#CCOc1ccc(S(=O)(=O)C2(C(=O)OCC)CCN(Cc3ccc(OCCN4CCCCC4)cc3)CC2)cc1. The third kappa shape index (κ3) is 7.82. The number of rotatable bonds is 12. The van der Waals surface area contributed by atoms with E-state index in [2.05, 4.69) is 33.8 Å². The normalized spacial score (nSPS) is 17.7. The molecule has 2 saturated heterocycles. The number of hydrogen-bond acceptors (Lipinski definition) is 8. The van der Waals surface area contributed by atoms with Gasteiger partial charge in [0.25, 0.3) is 0 Å². The van der Waals surface area contributed by atoms with Crippen LogP contribution >= 0.6 is 0 Å². The van der Waals surface area contributed by atoms with Crippen LogP contribution in [0.1, 0.15) is 51.5 Å². The highest BCUT2D eigenvalue weighted by Crippen LogP contribution is 2.38. The van der Waals surface area contributed by atoms with Crippen molar-refractivity contribution in [1.29, 1.82) is 0 Å². The molecule has 2 fully saturated rings. The Labute approximate surface area is 244 Å². The summed E-state index contributed by atoms with van der Waals surface area (Å²) in [7, 11) is -4.01. The van der Waals surface area contributed by atoms with Gasteiger partial charge in [-0.15, -0.1) is 5.92 Å². The number of ether oxygens (including phenoxy) is 3. The van der Waals surface area contributed by atoms with Crippen molar-refractivity contribution in [2.24, 2.45) is 0 Å². The molecule has 0 bridgehead atoms. The van der Waals surface area contributed by atoms with Gasteiger partial charge < -0.3 is 14.2 Å². The van der Waals surface area contributed by atoms with E-state index in [9.17, 15) is 13.2 Å². The number of benzene rings is 2. The van der Waals surface area contributed by atoms with Gasteiger partial charge >= 0.3 is 5.97 Å². The van der Waals surface area contributed by atoms with Crippen molar-refractivity contribution in [3.8, 4) is 23.3 Å². The highest BCUT2D eigenvalue weighted by molar-refractivity contribution is 7.93.